The molecule has 0 amide bonds. The summed E-state index contributed by atoms with van der Waals surface area (Å²) >= 11 is 0. The molecule has 1 aromatic carbocycles. The number of piperidine rings is 3. The van der Waals surface area contributed by atoms with E-state index in [0.29, 0.717) is 5.56 Å². The minimum atomic E-state index is -0.213. The lowest BCUT2D eigenvalue weighted by atomic mass is 9.85. The lowest BCUT2D eigenvalue weighted by Crippen LogP contribution is -2.57. The molecule has 3 heterocycles. The van der Waals surface area contributed by atoms with Crippen molar-refractivity contribution in [3.8, 4) is 0 Å². The van der Waals surface area contributed by atoms with Gasteiger partial charge in [-0.1, -0.05) is 32.9 Å². The molecule has 3 aliphatic heterocycles. The van der Waals surface area contributed by atoms with Gasteiger partial charge >= 0.3 is 5.97 Å². The number of nitrogens with zero attached hydrogens (tertiary/aromatic N) is 1. The molecule has 0 radical (unpaired) electrons. The van der Waals surface area contributed by atoms with Crippen molar-refractivity contribution in [2.75, 3.05) is 19.6 Å². The van der Waals surface area contributed by atoms with E-state index in [9.17, 15) is 4.79 Å². The Morgan fingerprint density at radius 2 is 1.67 bits per heavy atom. The Morgan fingerprint density at radius 3 is 2.17 bits per heavy atom. The standard InChI is InChI=1S/C21H32NO2/c1-16(21(2,3)4)24-20(23)19-7-5-18(6-8-19)15-22-12-9-17(10-13-22)11-14-22/h5-8,16-17H,9-15H2,1-4H3/q+1/t16-,17?,22?/m1/s1. The maximum absolute atomic E-state index is 12.3. The molecule has 0 saturated carbocycles. The zero-order valence-corrected chi connectivity index (χ0v) is 15.7. The highest BCUT2D eigenvalue weighted by Crippen LogP contribution is 2.35. The SMILES string of the molecule is C[C@@H](OC(=O)c1ccc(C[N+]23CCC(CC2)CC3)cc1)C(C)(C)C. The molecular weight excluding hydrogens is 298 g/mol. The number of carbonyl (C=O) groups is 1. The number of hydrogen-bond acceptors (Lipinski definition) is 2. The lowest BCUT2D eigenvalue weighted by Gasteiger charge is -2.49. The third-order valence-corrected chi connectivity index (χ3v) is 6.25. The highest BCUT2D eigenvalue weighted by Gasteiger charge is 2.39. The van der Waals surface area contributed by atoms with E-state index >= 15 is 0 Å². The maximum atomic E-state index is 12.3. The molecule has 24 heavy (non-hydrogen) atoms. The van der Waals surface area contributed by atoms with Crippen LogP contribution in [0.5, 0.6) is 0 Å². The van der Waals surface area contributed by atoms with Crippen LogP contribution in [0.15, 0.2) is 24.3 Å². The first-order chi connectivity index (χ1) is 11.3. The Labute approximate surface area is 146 Å². The van der Waals surface area contributed by atoms with Crippen LogP contribution in [0.1, 0.15) is 62.9 Å². The molecule has 0 spiro atoms. The highest BCUT2D eigenvalue weighted by atomic mass is 16.5. The summed E-state index contributed by atoms with van der Waals surface area (Å²) in [6.45, 7) is 13.3. The topological polar surface area (TPSA) is 26.3 Å². The molecular formula is C21H32NO2+. The van der Waals surface area contributed by atoms with E-state index in [1.54, 1.807) is 0 Å². The number of carbonyl (C=O) groups excluding carboxylic acids is 1. The van der Waals surface area contributed by atoms with E-state index in [1.807, 2.05) is 19.1 Å². The van der Waals surface area contributed by atoms with Gasteiger partial charge in [-0.25, -0.2) is 4.79 Å². The van der Waals surface area contributed by atoms with E-state index in [4.69, 9.17) is 4.74 Å². The first-order valence-electron chi connectivity index (χ1n) is 9.42. The van der Waals surface area contributed by atoms with Crippen molar-refractivity contribution in [2.24, 2.45) is 11.3 Å². The van der Waals surface area contributed by atoms with Gasteiger partial charge in [0.25, 0.3) is 0 Å². The monoisotopic (exact) mass is 330 g/mol. The van der Waals surface area contributed by atoms with Gasteiger partial charge in [0.2, 0.25) is 0 Å². The number of benzene rings is 1. The van der Waals surface area contributed by atoms with Crippen molar-refractivity contribution >= 4 is 5.97 Å². The van der Waals surface area contributed by atoms with Gasteiger partial charge in [-0.3, -0.25) is 0 Å². The number of esters is 1. The Kier molecular flexibility index (Phi) is 4.74. The number of ether oxygens (including phenoxy) is 1. The van der Waals surface area contributed by atoms with E-state index in [-0.39, 0.29) is 17.5 Å². The van der Waals surface area contributed by atoms with Crippen LogP contribution in [0.3, 0.4) is 0 Å². The van der Waals surface area contributed by atoms with Gasteiger partial charge in [0.05, 0.1) is 25.2 Å². The Balaban J connectivity index is 1.62. The van der Waals surface area contributed by atoms with E-state index in [2.05, 4.69) is 32.9 Å². The Bertz CT molecular complexity index is 563. The lowest BCUT2D eigenvalue weighted by molar-refractivity contribution is -0.955. The molecule has 3 saturated heterocycles. The van der Waals surface area contributed by atoms with Crippen molar-refractivity contribution in [2.45, 2.75) is 59.6 Å². The van der Waals surface area contributed by atoms with Crippen molar-refractivity contribution < 1.29 is 14.0 Å². The van der Waals surface area contributed by atoms with Gasteiger partial charge < -0.3 is 9.22 Å². The normalized spacial score (nSPS) is 27.8. The molecule has 3 fully saturated rings. The summed E-state index contributed by atoms with van der Waals surface area (Å²) in [5.41, 5.74) is 1.97. The van der Waals surface area contributed by atoms with Crippen LogP contribution in [0, 0.1) is 11.3 Å². The number of hydrogen-bond donors (Lipinski definition) is 0. The maximum Gasteiger partial charge on any atom is 0.338 e. The Hall–Kier alpha value is -1.35. The zero-order valence-electron chi connectivity index (χ0n) is 15.7. The van der Waals surface area contributed by atoms with Crippen LogP contribution in [0.4, 0.5) is 0 Å². The molecule has 0 aromatic heterocycles. The molecule has 3 nitrogen and oxygen atoms in total. The fraction of sp³-hybridized carbons (Fsp3) is 0.667. The van der Waals surface area contributed by atoms with E-state index in [1.165, 1.54) is 48.9 Å². The van der Waals surface area contributed by atoms with Crippen molar-refractivity contribution in [3.05, 3.63) is 35.4 Å². The second kappa shape index (κ2) is 6.51. The van der Waals surface area contributed by atoms with Crippen LogP contribution >= 0.6 is 0 Å². The summed E-state index contributed by atoms with van der Waals surface area (Å²) in [5, 5.41) is 0. The molecule has 0 N–H and O–H groups in total. The largest absolute Gasteiger partial charge is 0.459 e. The smallest absolute Gasteiger partial charge is 0.338 e. The van der Waals surface area contributed by atoms with Crippen LogP contribution in [0.2, 0.25) is 0 Å². The van der Waals surface area contributed by atoms with E-state index < -0.39 is 0 Å². The molecule has 3 heteroatoms. The second-order valence-electron chi connectivity index (χ2n) is 9.01. The van der Waals surface area contributed by atoms with Crippen LogP contribution in [-0.2, 0) is 11.3 Å². The highest BCUT2D eigenvalue weighted by molar-refractivity contribution is 5.89. The number of rotatable bonds is 4. The second-order valence-corrected chi connectivity index (χ2v) is 9.01. The van der Waals surface area contributed by atoms with Gasteiger partial charge in [0.15, 0.2) is 0 Å². The molecule has 4 rings (SSSR count). The third-order valence-electron chi connectivity index (χ3n) is 6.25. The number of fused-ring (bicyclic) bond motifs is 3. The van der Waals surface area contributed by atoms with Crippen molar-refractivity contribution in [1.29, 1.82) is 0 Å². The average molecular weight is 330 g/mol. The van der Waals surface area contributed by atoms with Crippen LogP contribution < -0.4 is 0 Å². The molecule has 2 bridgehead atoms. The fourth-order valence-corrected chi connectivity index (χ4v) is 3.91. The molecule has 0 unspecified atom stereocenters. The molecule has 1 aromatic rings. The van der Waals surface area contributed by atoms with Crippen molar-refractivity contribution in [1.82, 2.24) is 0 Å². The molecule has 3 aliphatic rings. The van der Waals surface area contributed by atoms with Crippen LogP contribution in [-0.4, -0.2) is 36.2 Å². The summed E-state index contributed by atoms with van der Waals surface area (Å²) in [6, 6.07) is 8.10. The van der Waals surface area contributed by atoms with Gasteiger partial charge in [-0.15, -0.1) is 0 Å². The summed E-state index contributed by atoms with van der Waals surface area (Å²) in [5.74, 6) is 0.779. The minimum absolute atomic E-state index is 0.0357. The summed E-state index contributed by atoms with van der Waals surface area (Å²) < 4.78 is 6.85. The first-order valence-corrected chi connectivity index (χ1v) is 9.42. The molecule has 1 atom stereocenters. The predicted octanol–water partition coefficient (Wildman–Crippen LogP) is 4.41. The first kappa shape index (κ1) is 17.5. The Morgan fingerprint density at radius 1 is 1.12 bits per heavy atom. The van der Waals surface area contributed by atoms with Gasteiger partial charge in [-0.2, -0.15) is 0 Å². The number of quaternary nitrogens is 1. The van der Waals surface area contributed by atoms with Gasteiger partial charge in [0.1, 0.15) is 12.6 Å². The van der Waals surface area contributed by atoms with Crippen LogP contribution in [0.25, 0.3) is 0 Å². The quantitative estimate of drug-likeness (QED) is 0.604. The third kappa shape index (κ3) is 3.83. The average Bonchev–Trinajstić information content (AvgIpc) is 2.56. The molecule has 0 aliphatic carbocycles. The van der Waals surface area contributed by atoms with Gasteiger partial charge in [0, 0.05) is 5.56 Å². The van der Waals surface area contributed by atoms with Gasteiger partial charge in [-0.05, 0) is 49.7 Å². The van der Waals surface area contributed by atoms with Crippen molar-refractivity contribution in [3.63, 3.8) is 0 Å². The summed E-state index contributed by atoms with van der Waals surface area (Å²) in [6.07, 6.45) is 4.09. The molecule has 132 valence electrons. The zero-order chi connectivity index (χ0) is 17.4. The summed E-state index contributed by atoms with van der Waals surface area (Å²) in [4.78, 5) is 12.3. The van der Waals surface area contributed by atoms with E-state index in [0.717, 1.165) is 12.5 Å². The summed E-state index contributed by atoms with van der Waals surface area (Å²) in [7, 11) is 0. The predicted molar refractivity (Wildman–Crippen MR) is 96.7 cm³/mol. The fourth-order valence-electron chi connectivity index (χ4n) is 3.91. The minimum Gasteiger partial charge on any atom is -0.459 e.